The van der Waals surface area contributed by atoms with Crippen LogP contribution in [0.5, 0.6) is 5.75 Å². The number of hydrogen-bond acceptors (Lipinski definition) is 4. The summed E-state index contributed by atoms with van der Waals surface area (Å²) in [4.78, 5) is 4.28. The zero-order valence-corrected chi connectivity index (χ0v) is 22.1. The molecule has 2 aromatic carbocycles. The molecular formula is C28H30BF3N3O2S. The van der Waals surface area contributed by atoms with Gasteiger partial charge in [0, 0.05) is 36.1 Å². The Bertz CT molecular complexity index is 1310. The predicted molar refractivity (Wildman–Crippen MR) is 148 cm³/mol. The normalized spacial score (nSPS) is 17.0. The fourth-order valence-electron chi connectivity index (χ4n) is 3.75. The third-order valence-electron chi connectivity index (χ3n) is 5.80. The number of alkyl halides is 3. The summed E-state index contributed by atoms with van der Waals surface area (Å²) in [6.07, 6.45) is 2.30. The lowest BCUT2D eigenvalue weighted by Gasteiger charge is -2.13. The number of aliphatic imine (C=N–C) groups is 1. The highest BCUT2D eigenvalue weighted by molar-refractivity contribution is 7.83. The van der Waals surface area contributed by atoms with Crippen LogP contribution in [0.4, 0.5) is 13.2 Å². The molecule has 5 nitrogen and oxygen atoms in total. The number of aromatic hydroxyl groups is 1. The number of unbranched alkanes of at least 4 members (excludes halogenated alkanes) is 1. The molecule has 3 rings (SSSR count). The van der Waals surface area contributed by atoms with Crippen molar-refractivity contribution in [3.05, 3.63) is 94.3 Å². The fraction of sp³-hybridized carbons (Fsp3) is 0.286. The average molecular weight is 540 g/mol. The first-order chi connectivity index (χ1) is 18.2. The van der Waals surface area contributed by atoms with Crippen molar-refractivity contribution in [2.75, 3.05) is 19.6 Å². The monoisotopic (exact) mass is 540 g/mol. The lowest BCUT2D eigenvalue weighted by Crippen LogP contribution is -2.23. The van der Waals surface area contributed by atoms with E-state index in [2.05, 4.69) is 20.8 Å². The van der Waals surface area contributed by atoms with Crippen LogP contribution < -0.4 is 10.0 Å². The van der Waals surface area contributed by atoms with Crippen molar-refractivity contribution in [3.8, 4) is 5.75 Å². The molecule has 0 saturated heterocycles. The summed E-state index contributed by atoms with van der Waals surface area (Å²) in [6, 6.07) is 11.9. The van der Waals surface area contributed by atoms with Crippen LogP contribution in [0.15, 0.2) is 93.0 Å². The van der Waals surface area contributed by atoms with E-state index >= 15 is 0 Å². The van der Waals surface area contributed by atoms with E-state index in [0.717, 1.165) is 22.8 Å². The number of hydrogen-bond donors (Lipinski definition) is 3. The van der Waals surface area contributed by atoms with Crippen molar-refractivity contribution in [1.29, 1.82) is 0 Å². The van der Waals surface area contributed by atoms with Gasteiger partial charge in [0.1, 0.15) is 16.7 Å². The summed E-state index contributed by atoms with van der Waals surface area (Å²) < 4.78 is 54.7. The molecule has 1 unspecified atom stereocenters. The second-order valence-corrected chi connectivity index (χ2v) is 9.84. The van der Waals surface area contributed by atoms with Crippen LogP contribution in [0.3, 0.4) is 0 Å². The third-order valence-corrected chi connectivity index (χ3v) is 7.02. The summed E-state index contributed by atoms with van der Waals surface area (Å²) in [5, 5.41) is 13.8. The predicted octanol–water partition coefficient (Wildman–Crippen LogP) is 5.63. The van der Waals surface area contributed by atoms with Crippen molar-refractivity contribution >= 4 is 30.1 Å². The SMILES string of the molecule is C[B]/C1=C(/C)C=C=C(c2ccccc2O)C=C(NCCCCNS(=O)c2ccccc2C(F)(F)F)CN=C1. The van der Waals surface area contributed by atoms with Crippen LogP contribution in [0, 0.1) is 0 Å². The standard InChI is InChI=1S/C28H30BF3N3O2S/c1-20-13-14-21(23-9-3-5-11-26(23)36)17-22(18-33-19-25(20)29-2)34-15-7-8-16-35-38(37)27-12-6-4-10-24(27)28(30,31)32/h3-6,9-13,17,19,34-36H,7-8,15-16,18H2,1-2H3/b22-17?,25-20-,33-19?. The second-order valence-electron chi connectivity index (χ2n) is 8.58. The molecule has 1 heterocycles. The summed E-state index contributed by atoms with van der Waals surface area (Å²) in [5.74, 6) is 0.148. The molecule has 1 atom stereocenters. The fourth-order valence-corrected chi connectivity index (χ4v) is 4.82. The largest absolute Gasteiger partial charge is 0.507 e. The maximum absolute atomic E-state index is 13.2. The minimum absolute atomic E-state index is 0.148. The topological polar surface area (TPSA) is 73.7 Å². The first-order valence-electron chi connectivity index (χ1n) is 12.2. The van der Waals surface area contributed by atoms with E-state index < -0.39 is 22.7 Å². The van der Waals surface area contributed by atoms with Gasteiger partial charge in [-0.25, -0.2) is 8.93 Å². The number of nitrogens with one attached hydrogen (secondary N) is 2. The van der Waals surface area contributed by atoms with Gasteiger partial charge in [0.25, 0.3) is 0 Å². The Morgan fingerprint density at radius 1 is 1.11 bits per heavy atom. The number of allylic oxidation sites excluding steroid dienone is 4. The molecule has 10 heteroatoms. The number of para-hydroxylation sites is 1. The van der Waals surface area contributed by atoms with Gasteiger partial charge in [-0.05, 0) is 55.7 Å². The number of phenolic OH excluding ortho intramolecular Hbond substituents is 1. The van der Waals surface area contributed by atoms with Crippen LogP contribution in [0.25, 0.3) is 5.57 Å². The Morgan fingerprint density at radius 2 is 1.82 bits per heavy atom. The Kier molecular flexibility index (Phi) is 10.8. The van der Waals surface area contributed by atoms with Gasteiger partial charge in [-0.3, -0.25) is 4.99 Å². The molecule has 0 aromatic heterocycles. The molecule has 0 saturated carbocycles. The molecule has 0 fully saturated rings. The van der Waals surface area contributed by atoms with Gasteiger partial charge in [0.2, 0.25) is 0 Å². The molecule has 1 aliphatic rings. The molecule has 0 spiro atoms. The van der Waals surface area contributed by atoms with Gasteiger partial charge in [-0.2, -0.15) is 13.2 Å². The molecular weight excluding hydrogens is 510 g/mol. The van der Waals surface area contributed by atoms with E-state index in [9.17, 15) is 22.5 Å². The van der Waals surface area contributed by atoms with Gasteiger partial charge in [0.05, 0.1) is 17.0 Å². The maximum Gasteiger partial charge on any atom is 0.417 e. The maximum atomic E-state index is 13.2. The summed E-state index contributed by atoms with van der Waals surface area (Å²) >= 11 is 0. The molecule has 0 amide bonds. The second kappa shape index (κ2) is 14.0. The number of benzene rings is 2. The summed E-state index contributed by atoms with van der Waals surface area (Å²) in [5.41, 5.74) is 6.55. The molecule has 38 heavy (non-hydrogen) atoms. The van der Waals surface area contributed by atoms with E-state index in [1.54, 1.807) is 12.1 Å². The number of rotatable bonds is 10. The van der Waals surface area contributed by atoms with Crippen LogP contribution in [-0.4, -0.2) is 42.4 Å². The zero-order valence-electron chi connectivity index (χ0n) is 21.3. The summed E-state index contributed by atoms with van der Waals surface area (Å²) in [6.45, 7) is 5.18. The first kappa shape index (κ1) is 29.2. The quantitative estimate of drug-likeness (QED) is 0.208. The Morgan fingerprint density at radius 3 is 2.55 bits per heavy atom. The van der Waals surface area contributed by atoms with Crippen molar-refractivity contribution in [2.45, 2.75) is 37.7 Å². The molecule has 3 N–H and O–H groups in total. The Hall–Kier alpha value is -3.33. The van der Waals surface area contributed by atoms with Crippen molar-refractivity contribution in [2.24, 2.45) is 4.99 Å². The molecule has 2 aromatic rings. The molecule has 1 radical (unpaired) electrons. The highest BCUT2D eigenvalue weighted by Crippen LogP contribution is 2.33. The third kappa shape index (κ3) is 8.35. The molecule has 199 valence electrons. The van der Waals surface area contributed by atoms with E-state index in [1.165, 1.54) is 18.2 Å². The Labute approximate surface area is 224 Å². The van der Waals surface area contributed by atoms with Crippen LogP contribution >= 0.6 is 0 Å². The van der Waals surface area contributed by atoms with E-state index in [1.807, 2.05) is 51.5 Å². The molecule has 0 aliphatic carbocycles. The van der Waals surface area contributed by atoms with Crippen LogP contribution in [-0.2, 0) is 17.2 Å². The smallest absolute Gasteiger partial charge is 0.417 e. The highest BCUT2D eigenvalue weighted by Gasteiger charge is 2.34. The lowest BCUT2D eigenvalue weighted by molar-refractivity contribution is -0.139. The average Bonchev–Trinajstić information content (AvgIpc) is 2.90. The first-order valence-corrected chi connectivity index (χ1v) is 13.4. The molecule has 1 aliphatic heterocycles. The highest BCUT2D eigenvalue weighted by atomic mass is 32.2. The minimum atomic E-state index is -4.56. The van der Waals surface area contributed by atoms with Gasteiger partial charge in [-0.1, -0.05) is 42.6 Å². The number of nitrogens with zero attached hydrogens (tertiary/aromatic N) is 1. The van der Waals surface area contributed by atoms with Gasteiger partial charge < -0.3 is 10.4 Å². The zero-order chi connectivity index (χ0) is 27.5. The van der Waals surface area contributed by atoms with E-state index in [4.69, 9.17) is 0 Å². The van der Waals surface area contributed by atoms with Crippen molar-refractivity contribution < 1.29 is 22.5 Å². The Balaban J connectivity index is 1.63. The van der Waals surface area contributed by atoms with Crippen LogP contribution in [0.1, 0.15) is 30.9 Å². The van der Waals surface area contributed by atoms with Crippen molar-refractivity contribution in [1.82, 2.24) is 10.0 Å². The van der Waals surface area contributed by atoms with Gasteiger partial charge in [0.15, 0.2) is 7.28 Å². The lowest BCUT2D eigenvalue weighted by atomic mass is 9.71. The van der Waals surface area contributed by atoms with E-state index in [-0.39, 0.29) is 10.6 Å². The van der Waals surface area contributed by atoms with Crippen molar-refractivity contribution in [3.63, 3.8) is 0 Å². The number of halogens is 3. The summed E-state index contributed by atoms with van der Waals surface area (Å²) in [7, 11) is 0.00982. The van der Waals surface area contributed by atoms with Gasteiger partial charge >= 0.3 is 6.18 Å². The van der Waals surface area contributed by atoms with Crippen LogP contribution in [0.2, 0.25) is 6.82 Å². The number of phenols is 1. The minimum Gasteiger partial charge on any atom is -0.507 e. The van der Waals surface area contributed by atoms with Gasteiger partial charge in [-0.15, -0.1) is 5.73 Å². The molecule has 0 bridgehead atoms. The van der Waals surface area contributed by atoms with E-state index in [0.29, 0.717) is 43.6 Å².